The summed E-state index contributed by atoms with van der Waals surface area (Å²) in [5.74, 6) is 0.370. The number of hydrogen-bond acceptors (Lipinski definition) is 4. The van der Waals surface area contributed by atoms with E-state index < -0.39 is 0 Å². The number of benzene rings is 1. The third-order valence-corrected chi connectivity index (χ3v) is 2.41. The van der Waals surface area contributed by atoms with Crippen LogP contribution in [0.25, 0.3) is 0 Å². The second kappa shape index (κ2) is 6.78. The molecule has 0 unspecified atom stereocenters. The maximum atomic E-state index is 11.5. The predicted molar refractivity (Wildman–Crippen MR) is 67.0 cm³/mol. The van der Waals surface area contributed by atoms with E-state index >= 15 is 0 Å². The summed E-state index contributed by atoms with van der Waals surface area (Å²) in [6.07, 6.45) is 2.17. The molecule has 1 aromatic carbocycles. The van der Waals surface area contributed by atoms with Crippen LogP contribution < -0.4 is 10.5 Å². The molecule has 0 aliphatic heterocycles. The molecule has 0 amide bonds. The molecular formula is C13H19NO3. The van der Waals surface area contributed by atoms with Gasteiger partial charge in [-0.05, 0) is 24.1 Å². The van der Waals surface area contributed by atoms with E-state index in [0.29, 0.717) is 18.0 Å². The number of rotatable bonds is 6. The fourth-order valence-corrected chi connectivity index (χ4v) is 1.41. The van der Waals surface area contributed by atoms with Gasteiger partial charge >= 0.3 is 5.97 Å². The molecule has 0 aliphatic rings. The van der Waals surface area contributed by atoms with Crippen LogP contribution in [0.2, 0.25) is 0 Å². The van der Waals surface area contributed by atoms with Crippen molar-refractivity contribution in [1.29, 1.82) is 0 Å². The first kappa shape index (κ1) is 13.4. The maximum Gasteiger partial charge on any atom is 0.310 e. The second-order valence-electron chi connectivity index (χ2n) is 3.83. The molecule has 0 atom stereocenters. The minimum atomic E-state index is -0.217. The summed E-state index contributed by atoms with van der Waals surface area (Å²) in [6.45, 7) is 2.54. The first-order chi connectivity index (χ1) is 8.17. The Bertz CT molecular complexity index is 377. The summed E-state index contributed by atoms with van der Waals surface area (Å²) in [6, 6.07) is 5.29. The third kappa shape index (κ3) is 4.34. The quantitative estimate of drug-likeness (QED) is 0.468. The van der Waals surface area contributed by atoms with Crippen LogP contribution in [0.4, 0.5) is 5.69 Å². The van der Waals surface area contributed by atoms with Crippen molar-refractivity contribution in [3.63, 3.8) is 0 Å². The highest BCUT2D eigenvalue weighted by Crippen LogP contribution is 2.22. The van der Waals surface area contributed by atoms with Gasteiger partial charge in [0.2, 0.25) is 0 Å². The number of nitrogen functional groups attached to an aromatic ring is 1. The molecule has 0 fully saturated rings. The van der Waals surface area contributed by atoms with Crippen LogP contribution in [0.5, 0.6) is 5.75 Å². The van der Waals surface area contributed by atoms with E-state index in [1.54, 1.807) is 25.3 Å². The average Bonchev–Trinajstić information content (AvgIpc) is 2.32. The van der Waals surface area contributed by atoms with Crippen molar-refractivity contribution in [3.8, 4) is 5.75 Å². The fraction of sp³-hybridized carbons (Fsp3) is 0.462. The van der Waals surface area contributed by atoms with Gasteiger partial charge in [0.15, 0.2) is 0 Å². The molecule has 4 heteroatoms. The lowest BCUT2D eigenvalue weighted by atomic mass is 10.1. The van der Waals surface area contributed by atoms with Crippen LogP contribution in [-0.4, -0.2) is 19.7 Å². The molecular weight excluding hydrogens is 218 g/mol. The lowest BCUT2D eigenvalue weighted by Crippen LogP contribution is -2.09. The van der Waals surface area contributed by atoms with E-state index in [2.05, 4.69) is 6.92 Å². The summed E-state index contributed by atoms with van der Waals surface area (Å²) >= 11 is 0. The average molecular weight is 237 g/mol. The molecule has 0 saturated carbocycles. The summed E-state index contributed by atoms with van der Waals surface area (Å²) in [7, 11) is 1.55. The van der Waals surface area contributed by atoms with Gasteiger partial charge in [-0.1, -0.05) is 19.4 Å². The van der Waals surface area contributed by atoms with E-state index in [1.807, 2.05) is 0 Å². The molecule has 0 heterocycles. The first-order valence-corrected chi connectivity index (χ1v) is 5.75. The van der Waals surface area contributed by atoms with Gasteiger partial charge in [0, 0.05) is 0 Å². The highest BCUT2D eigenvalue weighted by Gasteiger charge is 2.07. The van der Waals surface area contributed by atoms with Crippen molar-refractivity contribution < 1.29 is 14.3 Å². The molecule has 4 nitrogen and oxygen atoms in total. The van der Waals surface area contributed by atoms with Crippen molar-refractivity contribution in [2.45, 2.75) is 26.2 Å². The topological polar surface area (TPSA) is 61.5 Å². The Morgan fingerprint density at radius 1 is 1.41 bits per heavy atom. The van der Waals surface area contributed by atoms with Gasteiger partial charge in [0.05, 0.1) is 25.8 Å². The molecule has 0 radical (unpaired) electrons. The molecule has 0 saturated heterocycles. The lowest BCUT2D eigenvalue weighted by molar-refractivity contribution is -0.142. The molecule has 0 spiro atoms. The standard InChI is InChI=1S/C13H19NO3/c1-3-4-7-17-13(15)9-10-5-6-11(14)12(8-10)16-2/h5-6,8H,3-4,7,9,14H2,1-2H3. The van der Waals surface area contributed by atoms with Crippen LogP contribution in [0.15, 0.2) is 18.2 Å². The molecule has 94 valence electrons. The normalized spacial score (nSPS) is 10.0. The molecule has 1 aromatic rings. The first-order valence-electron chi connectivity index (χ1n) is 5.75. The van der Waals surface area contributed by atoms with E-state index in [-0.39, 0.29) is 12.4 Å². The summed E-state index contributed by atoms with van der Waals surface area (Å²) in [5, 5.41) is 0. The highest BCUT2D eigenvalue weighted by molar-refractivity contribution is 5.73. The number of esters is 1. The number of ether oxygens (including phenoxy) is 2. The van der Waals surface area contributed by atoms with Gasteiger partial charge in [-0.2, -0.15) is 0 Å². The number of hydrogen-bond donors (Lipinski definition) is 1. The van der Waals surface area contributed by atoms with Gasteiger partial charge in [-0.3, -0.25) is 4.79 Å². The van der Waals surface area contributed by atoms with Gasteiger partial charge in [0.25, 0.3) is 0 Å². The van der Waals surface area contributed by atoms with Crippen LogP contribution in [-0.2, 0) is 16.0 Å². The largest absolute Gasteiger partial charge is 0.495 e. The smallest absolute Gasteiger partial charge is 0.310 e. The molecule has 17 heavy (non-hydrogen) atoms. The van der Waals surface area contributed by atoms with Gasteiger partial charge in [-0.25, -0.2) is 0 Å². The number of carbonyl (C=O) groups excluding carboxylic acids is 1. The monoisotopic (exact) mass is 237 g/mol. The summed E-state index contributed by atoms with van der Waals surface area (Å²) < 4.78 is 10.2. The number of anilines is 1. The van der Waals surface area contributed by atoms with Gasteiger partial charge < -0.3 is 15.2 Å². The van der Waals surface area contributed by atoms with Gasteiger partial charge in [-0.15, -0.1) is 0 Å². The van der Waals surface area contributed by atoms with E-state index in [9.17, 15) is 4.79 Å². The predicted octanol–water partition coefficient (Wildman–Crippen LogP) is 2.16. The molecule has 1 rings (SSSR count). The second-order valence-corrected chi connectivity index (χ2v) is 3.83. The van der Waals surface area contributed by atoms with Crippen LogP contribution >= 0.6 is 0 Å². The van der Waals surface area contributed by atoms with Crippen molar-refractivity contribution in [1.82, 2.24) is 0 Å². The zero-order valence-corrected chi connectivity index (χ0v) is 10.4. The summed E-state index contributed by atoms with van der Waals surface area (Å²) in [4.78, 5) is 11.5. The Kier molecular flexibility index (Phi) is 5.33. The van der Waals surface area contributed by atoms with E-state index in [1.165, 1.54) is 0 Å². The fourth-order valence-electron chi connectivity index (χ4n) is 1.41. The highest BCUT2D eigenvalue weighted by atomic mass is 16.5. The Hall–Kier alpha value is -1.71. The van der Waals surface area contributed by atoms with E-state index in [4.69, 9.17) is 15.2 Å². The number of carbonyl (C=O) groups is 1. The third-order valence-electron chi connectivity index (χ3n) is 2.41. The van der Waals surface area contributed by atoms with E-state index in [0.717, 1.165) is 18.4 Å². The minimum absolute atomic E-state index is 0.217. The Labute approximate surface area is 102 Å². The Morgan fingerprint density at radius 2 is 2.18 bits per heavy atom. The number of nitrogens with two attached hydrogens (primary N) is 1. The maximum absolute atomic E-state index is 11.5. The zero-order chi connectivity index (χ0) is 12.7. The SMILES string of the molecule is CCCCOC(=O)Cc1ccc(N)c(OC)c1. The summed E-state index contributed by atoms with van der Waals surface area (Å²) in [5.41, 5.74) is 7.10. The van der Waals surface area contributed by atoms with Gasteiger partial charge in [0.1, 0.15) is 5.75 Å². The zero-order valence-electron chi connectivity index (χ0n) is 10.4. The number of methoxy groups -OCH3 is 1. The molecule has 2 N–H and O–H groups in total. The molecule has 0 bridgehead atoms. The van der Waals surface area contributed by atoms with Crippen LogP contribution in [0.1, 0.15) is 25.3 Å². The van der Waals surface area contributed by atoms with Crippen LogP contribution in [0, 0.1) is 0 Å². The van der Waals surface area contributed by atoms with Crippen LogP contribution in [0.3, 0.4) is 0 Å². The van der Waals surface area contributed by atoms with Crippen molar-refractivity contribution >= 4 is 11.7 Å². The number of unbranched alkanes of at least 4 members (excludes halogenated alkanes) is 1. The molecule has 0 aliphatic carbocycles. The minimum Gasteiger partial charge on any atom is -0.495 e. The van der Waals surface area contributed by atoms with Crippen molar-refractivity contribution in [2.75, 3.05) is 19.5 Å². The Balaban J connectivity index is 2.53. The van der Waals surface area contributed by atoms with Crippen molar-refractivity contribution in [3.05, 3.63) is 23.8 Å². The lowest BCUT2D eigenvalue weighted by Gasteiger charge is -2.07. The molecule has 0 aromatic heterocycles. The van der Waals surface area contributed by atoms with Crippen molar-refractivity contribution in [2.24, 2.45) is 0 Å². The Morgan fingerprint density at radius 3 is 2.82 bits per heavy atom.